The monoisotopic (exact) mass is 307 g/mol. The zero-order chi connectivity index (χ0) is 15.8. The number of benzene rings is 1. The van der Waals surface area contributed by atoms with E-state index in [1.54, 1.807) is 0 Å². The van der Waals surface area contributed by atoms with Gasteiger partial charge in [-0.1, -0.05) is 23.4 Å². The van der Waals surface area contributed by atoms with E-state index in [0.717, 1.165) is 30.4 Å². The van der Waals surface area contributed by atoms with E-state index in [2.05, 4.69) is 49.6 Å². The summed E-state index contributed by atoms with van der Waals surface area (Å²) >= 11 is 0. The van der Waals surface area contributed by atoms with Gasteiger partial charge in [0.15, 0.2) is 5.82 Å². The van der Waals surface area contributed by atoms with Crippen LogP contribution < -0.4 is 10.2 Å². The van der Waals surface area contributed by atoms with E-state index in [-0.39, 0.29) is 0 Å². The molecule has 1 aromatic carbocycles. The third kappa shape index (κ3) is 2.63. The van der Waals surface area contributed by atoms with Gasteiger partial charge in [0.2, 0.25) is 0 Å². The Morgan fingerprint density at radius 3 is 2.78 bits per heavy atom. The smallest absolute Gasteiger partial charge is 0.175 e. The van der Waals surface area contributed by atoms with Crippen molar-refractivity contribution in [2.45, 2.75) is 20.3 Å². The van der Waals surface area contributed by atoms with Crippen molar-refractivity contribution in [2.24, 2.45) is 0 Å². The van der Waals surface area contributed by atoms with Crippen LogP contribution in [0.15, 0.2) is 40.9 Å². The first kappa shape index (κ1) is 13.8. The molecular formula is C17H17N5O. The van der Waals surface area contributed by atoms with Gasteiger partial charge < -0.3 is 14.7 Å². The van der Waals surface area contributed by atoms with Crippen molar-refractivity contribution in [2.75, 3.05) is 16.8 Å². The second-order valence-electron chi connectivity index (χ2n) is 5.64. The zero-order valence-corrected chi connectivity index (χ0v) is 13.1. The number of hydrogen-bond donors (Lipinski definition) is 1. The summed E-state index contributed by atoms with van der Waals surface area (Å²) in [7, 11) is 0. The lowest BCUT2D eigenvalue weighted by atomic mass is 10.2. The van der Waals surface area contributed by atoms with Crippen LogP contribution in [0.25, 0.3) is 0 Å². The lowest BCUT2D eigenvalue weighted by Gasteiger charge is -2.19. The zero-order valence-electron chi connectivity index (χ0n) is 13.1. The second kappa shape index (κ2) is 5.39. The number of hydrogen-bond acceptors (Lipinski definition) is 6. The molecule has 6 heteroatoms. The molecule has 0 spiro atoms. The van der Waals surface area contributed by atoms with Crippen molar-refractivity contribution in [3.8, 4) is 0 Å². The highest BCUT2D eigenvalue weighted by atomic mass is 16.5. The third-order valence-corrected chi connectivity index (χ3v) is 3.87. The molecule has 0 saturated carbocycles. The molecule has 116 valence electrons. The van der Waals surface area contributed by atoms with E-state index in [1.165, 1.54) is 11.3 Å². The van der Waals surface area contributed by atoms with Gasteiger partial charge in [0.05, 0.1) is 0 Å². The number of nitrogens with one attached hydrogen (secondary N) is 1. The minimum absolute atomic E-state index is 0.647. The quantitative estimate of drug-likeness (QED) is 0.798. The first-order valence-electron chi connectivity index (χ1n) is 7.60. The predicted molar refractivity (Wildman–Crippen MR) is 88.4 cm³/mol. The average Bonchev–Trinajstić information content (AvgIpc) is 3.13. The van der Waals surface area contributed by atoms with Crippen molar-refractivity contribution in [1.82, 2.24) is 15.1 Å². The molecule has 0 amide bonds. The van der Waals surface area contributed by atoms with Crippen LogP contribution >= 0.6 is 0 Å². The van der Waals surface area contributed by atoms with Gasteiger partial charge in [0.25, 0.3) is 0 Å². The van der Waals surface area contributed by atoms with E-state index < -0.39 is 0 Å². The number of para-hydroxylation sites is 1. The van der Waals surface area contributed by atoms with Crippen LogP contribution in [0.5, 0.6) is 0 Å². The average molecular weight is 307 g/mol. The van der Waals surface area contributed by atoms with Crippen molar-refractivity contribution >= 4 is 23.1 Å². The minimum atomic E-state index is 0.647. The summed E-state index contributed by atoms with van der Waals surface area (Å²) in [6.07, 6.45) is 1.03. The highest BCUT2D eigenvalue weighted by Crippen LogP contribution is 2.34. The van der Waals surface area contributed by atoms with E-state index in [9.17, 15) is 0 Å². The molecule has 1 aliphatic rings. The second-order valence-corrected chi connectivity index (χ2v) is 5.64. The summed E-state index contributed by atoms with van der Waals surface area (Å²) in [5.41, 5.74) is 2.57. The molecule has 3 heterocycles. The Kier molecular flexibility index (Phi) is 3.22. The molecule has 0 aliphatic carbocycles. The van der Waals surface area contributed by atoms with E-state index >= 15 is 0 Å². The Morgan fingerprint density at radius 2 is 1.96 bits per heavy atom. The summed E-state index contributed by atoms with van der Waals surface area (Å²) < 4.78 is 5.08. The molecular weight excluding hydrogens is 290 g/mol. The molecule has 4 rings (SSSR count). The fourth-order valence-corrected chi connectivity index (χ4v) is 2.89. The van der Waals surface area contributed by atoms with Gasteiger partial charge in [0.1, 0.15) is 23.2 Å². The van der Waals surface area contributed by atoms with Crippen LogP contribution in [0.3, 0.4) is 0 Å². The normalized spacial score (nSPS) is 13.2. The number of aromatic nitrogens is 3. The maximum absolute atomic E-state index is 5.08. The molecule has 23 heavy (non-hydrogen) atoms. The molecule has 1 aliphatic heterocycles. The Bertz CT molecular complexity index is 858. The van der Waals surface area contributed by atoms with Crippen LogP contribution in [0.1, 0.15) is 17.1 Å². The predicted octanol–water partition coefficient (Wildman–Crippen LogP) is 3.52. The van der Waals surface area contributed by atoms with Crippen molar-refractivity contribution in [3.05, 3.63) is 53.5 Å². The van der Waals surface area contributed by atoms with Crippen LogP contribution in [-0.4, -0.2) is 21.7 Å². The standard InChI is InChI=1S/C17H17N5O/c1-11-9-16(21-23-11)20-15-10-17(19-12(2)18-15)22-8-7-13-5-3-4-6-14(13)22/h3-6,9-10H,7-8H2,1-2H3,(H,18,19,20,21). The highest BCUT2D eigenvalue weighted by molar-refractivity contribution is 5.69. The van der Waals surface area contributed by atoms with Gasteiger partial charge in [0, 0.05) is 24.4 Å². The number of nitrogens with zero attached hydrogens (tertiary/aromatic N) is 4. The number of anilines is 4. The third-order valence-electron chi connectivity index (χ3n) is 3.87. The molecule has 0 atom stereocenters. The van der Waals surface area contributed by atoms with Crippen LogP contribution in [0.4, 0.5) is 23.1 Å². The largest absolute Gasteiger partial charge is 0.360 e. The molecule has 6 nitrogen and oxygen atoms in total. The van der Waals surface area contributed by atoms with E-state index in [0.29, 0.717) is 11.6 Å². The maximum atomic E-state index is 5.08. The Labute approximate surface area is 134 Å². The Morgan fingerprint density at radius 1 is 1.09 bits per heavy atom. The molecule has 0 saturated heterocycles. The lowest BCUT2D eigenvalue weighted by molar-refractivity contribution is 0.400. The first-order valence-corrected chi connectivity index (χ1v) is 7.60. The van der Waals surface area contributed by atoms with Gasteiger partial charge in [-0.2, -0.15) is 0 Å². The van der Waals surface area contributed by atoms with Crippen molar-refractivity contribution < 1.29 is 4.52 Å². The van der Waals surface area contributed by atoms with Gasteiger partial charge in [-0.3, -0.25) is 0 Å². The van der Waals surface area contributed by atoms with Gasteiger partial charge in [-0.15, -0.1) is 0 Å². The van der Waals surface area contributed by atoms with E-state index in [1.807, 2.05) is 26.0 Å². The summed E-state index contributed by atoms with van der Waals surface area (Å²) in [6, 6.07) is 12.2. The SMILES string of the molecule is Cc1nc(Nc2cc(C)on2)cc(N2CCc3ccccc32)n1. The molecule has 2 aromatic heterocycles. The number of fused-ring (bicyclic) bond motifs is 1. The Hall–Kier alpha value is -2.89. The van der Waals surface area contributed by atoms with Gasteiger partial charge in [-0.25, -0.2) is 9.97 Å². The molecule has 0 unspecified atom stereocenters. The summed E-state index contributed by atoms with van der Waals surface area (Å²) in [5.74, 6) is 3.73. The summed E-state index contributed by atoms with van der Waals surface area (Å²) in [5, 5.41) is 7.11. The van der Waals surface area contributed by atoms with E-state index in [4.69, 9.17) is 4.52 Å². The Balaban J connectivity index is 1.67. The topological polar surface area (TPSA) is 67.1 Å². The molecule has 0 bridgehead atoms. The fraction of sp³-hybridized carbons (Fsp3) is 0.235. The summed E-state index contributed by atoms with van der Waals surface area (Å²) in [6.45, 7) is 4.68. The van der Waals surface area contributed by atoms with Gasteiger partial charge >= 0.3 is 0 Å². The number of aryl methyl sites for hydroxylation is 2. The fourth-order valence-electron chi connectivity index (χ4n) is 2.89. The molecule has 1 N–H and O–H groups in total. The molecule has 3 aromatic rings. The van der Waals surface area contributed by atoms with Crippen molar-refractivity contribution in [3.63, 3.8) is 0 Å². The van der Waals surface area contributed by atoms with Crippen LogP contribution in [0, 0.1) is 13.8 Å². The first-order chi connectivity index (χ1) is 11.2. The number of rotatable bonds is 3. The van der Waals surface area contributed by atoms with Gasteiger partial charge in [-0.05, 0) is 31.9 Å². The molecule has 0 radical (unpaired) electrons. The molecule has 0 fully saturated rings. The van der Waals surface area contributed by atoms with Crippen LogP contribution in [-0.2, 0) is 6.42 Å². The van der Waals surface area contributed by atoms with Crippen molar-refractivity contribution in [1.29, 1.82) is 0 Å². The van der Waals surface area contributed by atoms with Crippen LogP contribution in [0.2, 0.25) is 0 Å². The highest BCUT2D eigenvalue weighted by Gasteiger charge is 2.21. The minimum Gasteiger partial charge on any atom is -0.360 e. The maximum Gasteiger partial charge on any atom is 0.175 e. The summed E-state index contributed by atoms with van der Waals surface area (Å²) in [4.78, 5) is 11.3. The lowest BCUT2D eigenvalue weighted by Crippen LogP contribution is -2.16.